The predicted octanol–water partition coefficient (Wildman–Crippen LogP) is -0.987. The second kappa shape index (κ2) is 6.68. The second-order valence-corrected chi connectivity index (χ2v) is 1.03. The fourth-order valence-electron chi connectivity index (χ4n) is 0. The van der Waals surface area contributed by atoms with Crippen molar-refractivity contribution >= 4 is 11.9 Å². The largest absolute Gasteiger partial charge is 0.550 e. The molecular formula is C5H7O4-. The van der Waals surface area contributed by atoms with Crippen LogP contribution in [0.1, 0.15) is 6.92 Å². The van der Waals surface area contributed by atoms with Gasteiger partial charge in [-0.1, -0.05) is 6.58 Å². The average Bonchev–Trinajstić information content (AvgIpc) is 1.65. The molecule has 0 aliphatic carbocycles. The van der Waals surface area contributed by atoms with Crippen molar-refractivity contribution in [3.63, 3.8) is 0 Å². The molecule has 0 spiro atoms. The van der Waals surface area contributed by atoms with Crippen molar-refractivity contribution in [2.24, 2.45) is 0 Å². The van der Waals surface area contributed by atoms with Gasteiger partial charge in [-0.3, -0.25) is 0 Å². The van der Waals surface area contributed by atoms with Crippen LogP contribution in [0.4, 0.5) is 0 Å². The standard InChI is InChI=1S/C3H4O2.C2H4O2/c1-2-3(4)5;1-2(3)4/h2H,1H2,(H,4,5);1H3,(H,3,4)/p-1. The lowest BCUT2D eigenvalue weighted by molar-refractivity contribution is -0.302. The molecule has 0 aromatic carbocycles. The Hall–Kier alpha value is -1.32. The Bertz CT molecular complexity index is 112. The summed E-state index contributed by atoms with van der Waals surface area (Å²) in [5.74, 6) is -2.06. The lowest BCUT2D eigenvalue weighted by Crippen LogP contribution is -2.16. The van der Waals surface area contributed by atoms with E-state index in [-0.39, 0.29) is 0 Å². The third kappa shape index (κ3) is 316. The summed E-state index contributed by atoms with van der Waals surface area (Å²) < 4.78 is 0. The topological polar surface area (TPSA) is 77.4 Å². The van der Waals surface area contributed by atoms with Crippen LogP contribution in [-0.4, -0.2) is 17.0 Å². The van der Waals surface area contributed by atoms with Crippen LogP contribution in [0.5, 0.6) is 0 Å². The molecule has 0 fully saturated rings. The summed E-state index contributed by atoms with van der Waals surface area (Å²) in [4.78, 5) is 18.1. The van der Waals surface area contributed by atoms with Gasteiger partial charge in [-0.15, -0.1) is 0 Å². The molecule has 0 atom stereocenters. The molecule has 0 unspecified atom stereocenters. The maximum atomic E-state index is 9.25. The van der Waals surface area contributed by atoms with Crippen LogP contribution in [0, 0.1) is 0 Å². The molecule has 0 saturated heterocycles. The Balaban J connectivity index is 0. The van der Waals surface area contributed by atoms with E-state index in [0.29, 0.717) is 0 Å². The molecule has 4 heteroatoms. The lowest BCUT2D eigenvalue weighted by atomic mass is 10.7. The van der Waals surface area contributed by atoms with E-state index in [1.54, 1.807) is 0 Å². The highest BCUT2D eigenvalue weighted by Crippen LogP contribution is 1.54. The summed E-state index contributed by atoms with van der Waals surface area (Å²) in [5, 5.41) is 16.5. The SMILES string of the molecule is C=CC(=O)O.CC(=O)[O-]. The van der Waals surface area contributed by atoms with Gasteiger partial charge in [-0.05, 0) is 6.92 Å². The summed E-state index contributed by atoms with van der Waals surface area (Å²) in [6, 6.07) is 0. The predicted molar refractivity (Wildman–Crippen MR) is 28.5 cm³/mol. The Labute approximate surface area is 52.4 Å². The smallest absolute Gasteiger partial charge is 0.327 e. The molecule has 4 nitrogen and oxygen atoms in total. The van der Waals surface area contributed by atoms with Crippen LogP contribution in [0.2, 0.25) is 0 Å². The fraction of sp³-hybridized carbons (Fsp3) is 0.200. The average molecular weight is 131 g/mol. The highest BCUT2D eigenvalue weighted by atomic mass is 16.4. The highest BCUT2D eigenvalue weighted by Gasteiger charge is 1.73. The van der Waals surface area contributed by atoms with Crippen molar-refractivity contribution in [3.05, 3.63) is 12.7 Å². The number of rotatable bonds is 1. The van der Waals surface area contributed by atoms with E-state index in [1.807, 2.05) is 0 Å². The first-order chi connectivity index (χ1) is 4.00. The molecule has 9 heavy (non-hydrogen) atoms. The van der Waals surface area contributed by atoms with E-state index in [2.05, 4.69) is 6.58 Å². The number of carboxylic acids is 2. The lowest BCUT2D eigenvalue weighted by Gasteiger charge is -1.77. The molecule has 0 saturated carbocycles. The molecule has 52 valence electrons. The minimum absolute atomic E-state index is 0.833. The maximum Gasteiger partial charge on any atom is 0.327 e. The molecule has 0 rings (SSSR count). The van der Waals surface area contributed by atoms with Gasteiger partial charge in [0.2, 0.25) is 0 Å². The van der Waals surface area contributed by atoms with Crippen molar-refractivity contribution in [1.29, 1.82) is 0 Å². The van der Waals surface area contributed by atoms with Gasteiger partial charge < -0.3 is 15.0 Å². The van der Waals surface area contributed by atoms with Crippen LogP contribution in [0.3, 0.4) is 0 Å². The summed E-state index contributed by atoms with van der Waals surface area (Å²) in [6.07, 6.45) is 0.833. The van der Waals surface area contributed by atoms with Gasteiger partial charge in [-0.25, -0.2) is 4.79 Å². The third-order valence-corrected chi connectivity index (χ3v) is 0.175. The fourth-order valence-corrected chi connectivity index (χ4v) is 0. The van der Waals surface area contributed by atoms with E-state index < -0.39 is 11.9 Å². The zero-order valence-corrected chi connectivity index (χ0v) is 4.96. The molecule has 0 aromatic heterocycles. The Kier molecular flexibility index (Phi) is 7.88. The number of hydrogen-bond acceptors (Lipinski definition) is 3. The zero-order chi connectivity index (χ0) is 7.86. The van der Waals surface area contributed by atoms with Crippen LogP contribution < -0.4 is 5.11 Å². The van der Waals surface area contributed by atoms with Crippen molar-refractivity contribution < 1.29 is 19.8 Å². The van der Waals surface area contributed by atoms with Crippen molar-refractivity contribution in [2.45, 2.75) is 6.92 Å². The Morgan fingerprint density at radius 3 is 1.78 bits per heavy atom. The van der Waals surface area contributed by atoms with Gasteiger partial charge in [0, 0.05) is 12.0 Å². The van der Waals surface area contributed by atoms with Gasteiger partial charge in [0.15, 0.2) is 0 Å². The van der Waals surface area contributed by atoms with Gasteiger partial charge in [-0.2, -0.15) is 0 Å². The summed E-state index contributed by atoms with van der Waals surface area (Å²) >= 11 is 0. The number of carboxylic acid groups (broad SMARTS) is 2. The normalized spacial score (nSPS) is 6.33. The van der Waals surface area contributed by atoms with Gasteiger partial charge in [0.05, 0.1) is 0 Å². The maximum absolute atomic E-state index is 9.25. The third-order valence-electron chi connectivity index (χ3n) is 0.175. The van der Waals surface area contributed by atoms with Gasteiger partial charge >= 0.3 is 5.97 Å². The first kappa shape index (κ1) is 10.6. The van der Waals surface area contributed by atoms with Crippen molar-refractivity contribution in [1.82, 2.24) is 0 Å². The molecule has 0 amide bonds. The number of aliphatic carboxylic acids is 2. The molecule has 0 heterocycles. The molecule has 0 bridgehead atoms. The summed E-state index contributed by atoms with van der Waals surface area (Å²) in [7, 11) is 0. The Morgan fingerprint density at radius 2 is 1.78 bits per heavy atom. The van der Waals surface area contributed by atoms with Crippen LogP contribution >= 0.6 is 0 Å². The molecular weight excluding hydrogens is 124 g/mol. The number of carbonyl (C=O) groups excluding carboxylic acids is 1. The number of carbonyl (C=O) groups is 2. The van der Waals surface area contributed by atoms with E-state index in [1.165, 1.54) is 0 Å². The van der Waals surface area contributed by atoms with Crippen LogP contribution in [-0.2, 0) is 9.59 Å². The van der Waals surface area contributed by atoms with Crippen molar-refractivity contribution in [3.8, 4) is 0 Å². The van der Waals surface area contributed by atoms with Crippen LogP contribution in [0.15, 0.2) is 12.7 Å². The first-order valence-electron chi connectivity index (χ1n) is 2.03. The summed E-state index contributed by atoms with van der Waals surface area (Å²) in [6.45, 7) is 3.93. The number of hydrogen-bond donors (Lipinski definition) is 1. The molecule has 1 N–H and O–H groups in total. The van der Waals surface area contributed by atoms with Crippen molar-refractivity contribution in [2.75, 3.05) is 0 Å². The van der Waals surface area contributed by atoms with E-state index in [0.717, 1.165) is 13.0 Å². The van der Waals surface area contributed by atoms with Gasteiger partial charge in [0.1, 0.15) is 0 Å². The molecule has 0 aliphatic heterocycles. The van der Waals surface area contributed by atoms with Gasteiger partial charge in [0.25, 0.3) is 0 Å². The van der Waals surface area contributed by atoms with E-state index >= 15 is 0 Å². The zero-order valence-electron chi connectivity index (χ0n) is 4.96. The minimum atomic E-state index is -1.08. The van der Waals surface area contributed by atoms with E-state index in [9.17, 15) is 4.79 Å². The second-order valence-electron chi connectivity index (χ2n) is 1.03. The molecule has 0 radical (unpaired) electrons. The Morgan fingerprint density at radius 1 is 1.67 bits per heavy atom. The first-order valence-corrected chi connectivity index (χ1v) is 2.03. The highest BCUT2D eigenvalue weighted by molar-refractivity contribution is 5.78. The quantitative estimate of drug-likeness (QED) is 0.463. The van der Waals surface area contributed by atoms with Crippen LogP contribution in [0.25, 0.3) is 0 Å². The minimum Gasteiger partial charge on any atom is -0.550 e. The molecule has 0 aromatic rings. The summed E-state index contributed by atoms with van der Waals surface area (Å²) in [5.41, 5.74) is 0. The molecule has 0 aliphatic rings. The monoisotopic (exact) mass is 131 g/mol. The van der Waals surface area contributed by atoms with E-state index in [4.69, 9.17) is 15.0 Å².